The fourth-order valence-corrected chi connectivity index (χ4v) is 4.38. The first-order chi connectivity index (χ1) is 12.1. The highest BCUT2D eigenvalue weighted by Crippen LogP contribution is 2.29. The van der Waals surface area contributed by atoms with E-state index in [4.69, 9.17) is 5.73 Å². The molecular weight excluding hydrogens is 334 g/mol. The quantitative estimate of drug-likeness (QED) is 0.856. The lowest BCUT2D eigenvalue weighted by Gasteiger charge is -2.32. The third kappa shape index (κ3) is 3.86. The minimum atomic E-state index is 0.0717. The maximum atomic E-state index is 13.0. The number of aryl methyl sites for hydroxylation is 2. The molecule has 25 heavy (non-hydrogen) atoms. The highest BCUT2D eigenvalue weighted by atomic mass is 32.1. The number of thiazole rings is 1. The minimum Gasteiger partial charge on any atom is -0.375 e. The van der Waals surface area contributed by atoms with Crippen LogP contribution < -0.4 is 5.73 Å². The number of piperidine rings is 1. The number of aromatic nitrogens is 3. The maximum absolute atomic E-state index is 13.0. The number of hydrogen-bond acceptors (Lipinski definition) is 5. The van der Waals surface area contributed by atoms with E-state index in [1.165, 1.54) is 17.8 Å². The van der Waals surface area contributed by atoms with Crippen molar-refractivity contribution in [1.29, 1.82) is 0 Å². The second-order valence-electron chi connectivity index (χ2n) is 6.60. The highest BCUT2D eigenvalue weighted by Gasteiger charge is 2.30. The number of anilines is 1. The predicted molar refractivity (Wildman–Crippen MR) is 101 cm³/mol. The van der Waals surface area contributed by atoms with Crippen LogP contribution in [0, 0.1) is 0 Å². The molecule has 6 nitrogen and oxygen atoms in total. The van der Waals surface area contributed by atoms with Gasteiger partial charge in [0.1, 0.15) is 10.7 Å². The fourth-order valence-electron chi connectivity index (χ4n) is 3.49. The zero-order valence-electron chi connectivity index (χ0n) is 15.1. The van der Waals surface area contributed by atoms with Crippen molar-refractivity contribution in [1.82, 2.24) is 19.4 Å². The number of imidazole rings is 1. The summed E-state index contributed by atoms with van der Waals surface area (Å²) in [6.45, 7) is 6.73. The Morgan fingerprint density at radius 1 is 1.44 bits per heavy atom. The lowest BCUT2D eigenvalue weighted by Crippen LogP contribution is -2.39. The van der Waals surface area contributed by atoms with Crippen LogP contribution in [-0.2, 0) is 13.0 Å². The van der Waals surface area contributed by atoms with Crippen molar-refractivity contribution in [3.05, 3.63) is 28.8 Å². The van der Waals surface area contributed by atoms with Gasteiger partial charge in [-0.3, -0.25) is 4.79 Å². The van der Waals surface area contributed by atoms with Crippen LogP contribution in [0.2, 0.25) is 0 Å². The second kappa shape index (κ2) is 7.99. The summed E-state index contributed by atoms with van der Waals surface area (Å²) in [5.74, 6) is 1.49. The standard InChI is InChI=1S/C18H27N5OS/c1-3-5-9-22-11-8-20-16(22)13-7-6-10-23(12-13)17(24)15-14(4-2)21-18(19)25-15/h8,11,13H,3-7,9-10,12H2,1-2H3,(H2,19,21)/t13-/m0/s1. The van der Waals surface area contributed by atoms with E-state index in [9.17, 15) is 4.79 Å². The average Bonchev–Trinajstić information content (AvgIpc) is 3.25. The minimum absolute atomic E-state index is 0.0717. The summed E-state index contributed by atoms with van der Waals surface area (Å²) >= 11 is 1.31. The normalized spacial score (nSPS) is 17.8. The molecule has 0 radical (unpaired) electrons. The van der Waals surface area contributed by atoms with Gasteiger partial charge in [-0.1, -0.05) is 31.6 Å². The Morgan fingerprint density at radius 2 is 2.28 bits per heavy atom. The molecule has 2 aromatic heterocycles. The largest absolute Gasteiger partial charge is 0.375 e. The number of rotatable bonds is 6. The van der Waals surface area contributed by atoms with E-state index in [1.807, 2.05) is 18.0 Å². The molecule has 3 heterocycles. The smallest absolute Gasteiger partial charge is 0.265 e. The first-order valence-electron chi connectivity index (χ1n) is 9.19. The molecule has 7 heteroatoms. The van der Waals surface area contributed by atoms with Gasteiger partial charge >= 0.3 is 0 Å². The summed E-state index contributed by atoms with van der Waals surface area (Å²) in [5.41, 5.74) is 6.64. The van der Waals surface area contributed by atoms with Crippen molar-refractivity contribution in [2.24, 2.45) is 0 Å². The maximum Gasteiger partial charge on any atom is 0.265 e. The van der Waals surface area contributed by atoms with E-state index >= 15 is 0 Å². The van der Waals surface area contributed by atoms with Crippen molar-refractivity contribution >= 4 is 22.4 Å². The van der Waals surface area contributed by atoms with Crippen LogP contribution in [0.15, 0.2) is 12.4 Å². The third-order valence-corrected chi connectivity index (χ3v) is 5.73. The summed E-state index contributed by atoms with van der Waals surface area (Å²) in [6, 6.07) is 0. The number of amides is 1. The molecule has 1 atom stereocenters. The van der Waals surface area contributed by atoms with Crippen molar-refractivity contribution in [3.63, 3.8) is 0 Å². The van der Waals surface area contributed by atoms with Gasteiger partial charge in [0.2, 0.25) is 0 Å². The Kier molecular flexibility index (Phi) is 5.73. The molecule has 1 aliphatic rings. The van der Waals surface area contributed by atoms with Crippen LogP contribution in [0.4, 0.5) is 5.13 Å². The zero-order chi connectivity index (χ0) is 17.8. The summed E-state index contributed by atoms with van der Waals surface area (Å²) in [5, 5.41) is 0.476. The van der Waals surface area contributed by atoms with E-state index in [0.717, 1.165) is 56.8 Å². The van der Waals surface area contributed by atoms with Crippen LogP contribution in [0.5, 0.6) is 0 Å². The SMILES string of the molecule is CCCCn1ccnc1[C@H]1CCCN(C(=O)c2sc(N)nc2CC)C1. The molecule has 2 aromatic rings. The molecule has 1 amide bonds. The van der Waals surface area contributed by atoms with Gasteiger partial charge in [-0.15, -0.1) is 0 Å². The first-order valence-corrected chi connectivity index (χ1v) is 10.0. The number of nitrogen functional groups attached to an aromatic ring is 1. The molecule has 136 valence electrons. The summed E-state index contributed by atoms with van der Waals surface area (Å²) in [4.78, 5) is 24.5. The number of unbranched alkanes of at least 4 members (excludes halogenated alkanes) is 1. The monoisotopic (exact) mass is 361 g/mol. The van der Waals surface area contributed by atoms with Crippen molar-refractivity contribution in [2.75, 3.05) is 18.8 Å². The molecule has 0 unspecified atom stereocenters. The molecular formula is C18H27N5OS. The highest BCUT2D eigenvalue weighted by molar-refractivity contribution is 7.17. The van der Waals surface area contributed by atoms with E-state index in [1.54, 1.807) is 0 Å². The number of hydrogen-bond donors (Lipinski definition) is 1. The lowest BCUT2D eigenvalue weighted by molar-refractivity contribution is 0.0707. The van der Waals surface area contributed by atoms with Gasteiger partial charge in [0.15, 0.2) is 5.13 Å². The molecule has 0 spiro atoms. The van der Waals surface area contributed by atoms with Crippen molar-refractivity contribution in [3.8, 4) is 0 Å². The average molecular weight is 362 g/mol. The van der Waals surface area contributed by atoms with Crippen LogP contribution >= 0.6 is 11.3 Å². The molecule has 1 aliphatic heterocycles. The van der Waals surface area contributed by atoms with Gasteiger partial charge in [-0.25, -0.2) is 9.97 Å². The third-order valence-electron chi connectivity index (χ3n) is 4.82. The molecule has 0 saturated carbocycles. The molecule has 0 aliphatic carbocycles. The number of nitrogens with two attached hydrogens (primary N) is 1. The Bertz CT molecular complexity index is 723. The Labute approximate surface area is 153 Å². The van der Waals surface area contributed by atoms with Gasteiger partial charge in [-0.2, -0.15) is 0 Å². The van der Waals surface area contributed by atoms with Gasteiger partial charge in [0.25, 0.3) is 5.91 Å². The fraction of sp³-hybridized carbons (Fsp3) is 0.611. The van der Waals surface area contributed by atoms with Crippen molar-refractivity contribution < 1.29 is 4.79 Å². The number of nitrogens with zero attached hydrogens (tertiary/aromatic N) is 4. The molecule has 0 bridgehead atoms. The van der Waals surface area contributed by atoms with Gasteiger partial charge in [0.05, 0.1) is 5.69 Å². The van der Waals surface area contributed by atoms with E-state index in [2.05, 4.69) is 27.7 Å². The number of carbonyl (C=O) groups is 1. The summed E-state index contributed by atoms with van der Waals surface area (Å²) in [6.07, 6.45) is 9.08. The van der Waals surface area contributed by atoms with Gasteiger partial charge in [-0.05, 0) is 25.7 Å². The Hall–Kier alpha value is -1.89. The molecule has 3 rings (SSSR count). The van der Waals surface area contributed by atoms with Gasteiger partial charge < -0.3 is 15.2 Å². The predicted octanol–water partition coefficient (Wildman–Crippen LogP) is 3.30. The Morgan fingerprint density at radius 3 is 3.04 bits per heavy atom. The number of carbonyl (C=O) groups excluding carboxylic acids is 1. The molecule has 0 aromatic carbocycles. The zero-order valence-corrected chi connectivity index (χ0v) is 15.9. The first kappa shape index (κ1) is 17.9. The number of likely N-dealkylation sites (tertiary alicyclic amines) is 1. The molecule has 1 saturated heterocycles. The van der Waals surface area contributed by atoms with Gasteiger partial charge in [0, 0.05) is 37.9 Å². The van der Waals surface area contributed by atoms with Crippen LogP contribution in [0.1, 0.15) is 66.6 Å². The summed E-state index contributed by atoms with van der Waals surface area (Å²) in [7, 11) is 0. The molecule has 2 N–H and O–H groups in total. The van der Waals surface area contributed by atoms with Crippen LogP contribution in [0.25, 0.3) is 0 Å². The van der Waals surface area contributed by atoms with Crippen LogP contribution in [-0.4, -0.2) is 38.4 Å². The van der Waals surface area contributed by atoms with Crippen molar-refractivity contribution in [2.45, 2.75) is 58.4 Å². The Balaban J connectivity index is 1.75. The second-order valence-corrected chi connectivity index (χ2v) is 7.63. The van der Waals surface area contributed by atoms with Crippen LogP contribution in [0.3, 0.4) is 0 Å². The molecule has 1 fully saturated rings. The van der Waals surface area contributed by atoms with E-state index in [0.29, 0.717) is 15.9 Å². The lowest BCUT2D eigenvalue weighted by atomic mass is 9.96. The summed E-state index contributed by atoms with van der Waals surface area (Å²) < 4.78 is 2.25. The van der Waals surface area contributed by atoms with E-state index in [-0.39, 0.29) is 5.91 Å². The van der Waals surface area contributed by atoms with E-state index < -0.39 is 0 Å². The topological polar surface area (TPSA) is 77.0 Å².